The molecule has 0 aromatic carbocycles. The van der Waals surface area contributed by atoms with Crippen molar-refractivity contribution >= 4 is 5.91 Å². The molecule has 5 heteroatoms. The van der Waals surface area contributed by atoms with E-state index >= 15 is 0 Å². The first kappa shape index (κ1) is 11.4. The Labute approximate surface area is 84.1 Å². The third-order valence-corrected chi connectivity index (χ3v) is 2.15. The fourth-order valence-corrected chi connectivity index (χ4v) is 1.34. The summed E-state index contributed by atoms with van der Waals surface area (Å²) in [6, 6.07) is -0.214. The zero-order valence-electron chi connectivity index (χ0n) is 8.54. The van der Waals surface area contributed by atoms with Crippen molar-refractivity contribution in [3.63, 3.8) is 0 Å². The summed E-state index contributed by atoms with van der Waals surface area (Å²) in [4.78, 5) is 16.5. The lowest BCUT2D eigenvalue weighted by Gasteiger charge is -2.14. The largest absolute Gasteiger partial charge is 0.382 e. The fraction of sp³-hybridized carbons (Fsp3) is 0.889. The van der Waals surface area contributed by atoms with Crippen molar-refractivity contribution in [3.05, 3.63) is 0 Å². The van der Waals surface area contributed by atoms with Crippen LogP contribution in [0, 0.1) is 0 Å². The Balaban J connectivity index is 2.16. The second-order valence-corrected chi connectivity index (χ2v) is 3.30. The summed E-state index contributed by atoms with van der Waals surface area (Å²) in [5, 5.41) is 2.82. The molecule has 0 aromatic rings. The van der Waals surface area contributed by atoms with Crippen molar-refractivity contribution in [2.24, 2.45) is 0 Å². The first-order valence-corrected chi connectivity index (χ1v) is 4.98. The highest BCUT2D eigenvalue weighted by molar-refractivity contribution is 5.81. The number of ether oxygens (including phenoxy) is 1. The van der Waals surface area contributed by atoms with Gasteiger partial charge < -0.3 is 10.1 Å². The van der Waals surface area contributed by atoms with E-state index in [2.05, 4.69) is 10.8 Å². The van der Waals surface area contributed by atoms with Crippen molar-refractivity contribution in [1.82, 2.24) is 10.8 Å². The van der Waals surface area contributed by atoms with E-state index in [-0.39, 0.29) is 11.9 Å². The highest BCUT2D eigenvalue weighted by Crippen LogP contribution is 2.04. The lowest BCUT2D eigenvalue weighted by atomic mass is 10.1. The molecule has 1 amide bonds. The van der Waals surface area contributed by atoms with Crippen LogP contribution in [0.5, 0.6) is 0 Å². The van der Waals surface area contributed by atoms with E-state index in [1.54, 1.807) is 7.11 Å². The highest BCUT2D eigenvalue weighted by Gasteiger charge is 2.19. The average Bonchev–Trinajstić information content (AvgIpc) is 2.39. The Kier molecular flexibility index (Phi) is 5.51. The van der Waals surface area contributed by atoms with Crippen LogP contribution < -0.4 is 10.8 Å². The number of hydrogen-bond acceptors (Lipinski definition) is 4. The van der Waals surface area contributed by atoms with Gasteiger partial charge in [0.2, 0.25) is 5.91 Å². The molecule has 0 spiro atoms. The summed E-state index contributed by atoms with van der Waals surface area (Å²) >= 11 is 0. The lowest BCUT2D eigenvalue weighted by Crippen LogP contribution is -2.43. The average molecular weight is 202 g/mol. The van der Waals surface area contributed by atoms with Gasteiger partial charge in [0.15, 0.2) is 0 Å². The smallest absolute Gasteiger partial charge is 0.239 e. The van der Waals surface area contributed by atoms with Gasteiger partial charge in [-0.2, -0.15) is 5.48 Å². The third-order valence-electron chi connectivity index (χ3n) is 2.15. The van der Waals surface area contributed by atoms with Gasteiger partial charge in [0.05, 0.1) is 13.2 Å². The number of amides is 1. The first-order valence-electron chi connectivity index (χ1n) is 4.98. The molecule has 1 heterocycles. The van der Waals surface area contributed by atoms with Crippen molar-refractivity contribution < 1.29 is 14.4 Å². The first-order chi connectivity index (χ1) is 6.84. The monoisotopic (exact) mass is 202 g/mol. The zero-order valence-corrected chi connectivity index (χ0v) is 8.54. The molecule has 0 aromatic heterocycles. The molecule has 0 bridgehead atoms. The number of carbonyl (C=O) groups excluding carboxylic acids is 1. The van der Waals surface area contributed by atoms with Crippen LogP contribution in [0.4, 0.5) is 0 Å². The fourth-order valence-electron chi connectivity index (χ4n) is 1.34. The standard InChI is InChI=1S/C9H18N2O3/c1-13-6-7-14-11-8-4-2-3-5-10-9(8)12/h8,11H,2-7H2,1H3,(H,10,12). The van der Waals surface area contributed by atoms with E-state index in [0.717, 1.165) is 25.8 Å². The maximum Gasteiger partial charge on any atom is 0.239 e. The number of hydroxylamine groups is 1. The third kappa shape index (κ3) is 4.04. The number of rotatable bonds is 5. The van der Waals surface area contributed by atoms with E-state index in [0.29, 0.717) is 13.2 Å². The lowest BCUT2D eigenvalue weighted by molar-refractivity contribution is -0.127. The Morgan fingerprint density at radius 1 is 1.50 bits per heavy atom. The van der Waals surface area contributed by atoms with E-state index in [1.165, 1.54) is 0 Å². The predicted octanol–water partition coefficient (Wildman–Crippen LogP) is -0.177. The molecule has 1 unspecified atom stereocenters. The van der Waals surface area contributed by atoms with Crippen LogP contribution >= 0.6 is 0 Å². The molecule has 1 fully saturated rings. The van der Waals surface area contributed by atoms with E-state index in [9.17, 15) is 4.79 Å². The van der Waals surface area contributed by atoms with Gasteiger partial charge in [0, 0.05) is 13.7 Å². The number of hydrogen-bond donors (Lipinski definition) is 2. The van der Waals surface area contributed by atoms with Crippen molar-refractivity contribution in [3.8, 4) is 0 Å². The SMILES string of the molecule is COCCONC1CCCCNC1=O. The Bertz CT molecular complexity index is 175. The molecule has 5 nitrogen and oxygen atoms in total. The minimum atomic E-state index is -0.214. The van der Waals surface area contributed by atoms with E-state index < -0.39 is 0 Å². The molecule has 14 heavy (non-hydrogen) atoms. The molecule has 0 saturated carbocycles. The van der Waals surface area contributed by atoms with Crippen LogP contribution in [-0.4, -0.2) is 38.8 Å². The summed E-state index contributed by atoms with van der Waals surface area (Å²) in [7, 11) is 1.61. The highest BCUT2D eigenvalue weighted by atomic mass is 16.7. The summed E-state index contributed by atoms with van der Waals surface area (Å²) < 4.78 is 4.82. The molecular formula is C9H18N2O3. The van der Waals surface area contributed by atoms with Gasteiger partial charge in [-0.25, -0.2) is 0 Å². The van der Waals surface area contributed by atoms with Gasteiger partial charge in [0.25, 0.3) is 0 Å². The summed E-state index contributed by atoms with van der Waals surface area (Å²) in [5.41, 5.74) is 2.75. The molecular weight excluding hydrogens is 184 g/mol. The molecule has 1 aliphatic rings. The topological polar surface area (TPSA) is 59.6 Å². The summed E-state index contributed by atoms with van der Waals surface area (Å²) in [6.45, 7) is 1.76. The van der Waals surface area contributed by atoms with E-state index in [4.69, 9.17) is 9.57 Å². The maximum absolute atomic E-state index is 11.4. The van der Waals surface area contributed by atoms with Crippen LogP contribution in [0.25, 0.3) is 0 Å². The second-order valence-electron chi connectivity index (χ2n) is 3.30. The number of carbonyl (C=O) groups is 1. The summed E-state index contributed by atoms with van der Waals surface area (Å²) in [6.07, 6.45) is 2.92. The predicted molar refractivity (Wildman–Crippen MR) is 51.6 cm³/mol. The van der Waals surface area contributed by atoms with Gasteiger partial charge >= 0.3 is 0 Å². The van der Waals surface area contributed by atoms with Crippen molar-refractivity contribution in [1.29, 1.82) is 0 Å². The van der Waals surface area contributed by atoms with Crippen LogP contribution in [0.15, 0.2) is 0 Å². The Morgan fingerprint density at radius 3 is 3.14 bits per heavy atom. The van der Waals surface area contributed by atoms with Gasteiger partial charge in [-0.05, 0) is 19.3 Å². The number of methoxy groups -OCH3 is 1. The van der Waals surface area contributed by atoms with Crippen LogP contribution in [0.1, 0.15) is 19.3 Å². The van der Waals surface area contributed by atoms with Crippen molar-refractivity contribution in [2.75, 3.05) is 26.9 Å². The molecule has 0 radical (unpaired) electrons. The van der Waals surface area contributed by atoms with Crippen LogP contribution in [-0.2, 0) is 14.4 Å². The maximum atomic E-state index is 11.4. The minimum Gasteiger partial charge on any atom is -0.382 e. The van der Waals surface area contributed by atoms with Crippen LogP contribution in [0.2, 0.25) is 0 Å². The second kappa shape index (κ2) is 6.75. The van der Waals surface area contributed by atoms with E-state index in [1.807, 2.05) is 0 Å². The van der Waals surface area contributed by atoms with Crippen LogP contribution in [0.3, 0.4) is 0 Å². The molecule has 2 N–H and O–H groups in total. The van der Waals surface area contributed by atoms with Gasteiger partial charge in [-0.15, -0.1) is 0 Å². The molecule has 0 aliphatic carbocycles. The van der Waals surface area contributed by atoms with Gasteiger partial charge in [-0.1, -0.05) is 0 Å². The molecule has 1 saturated heterocycles. The molecule has 1 rings (SSSR count). The molecule has 82 valence electrons. The van der Waals surface area contributed by atoms with Crippen molar-refractivity contribution in [2.45, 2.75) is 25.3 Å². The minimum absolute atomic E-state index is 0.0277. The molecule has 1 aliphatic heterocycles. The molecule has 1 atom stereocenters. The van der Waals surface area contributed by atoms with Gasteiger partial charge in [-0.3, -0.25) is 9.63 Å². The Hall–Kier alpha value is -0.650. The summed E-state index contributed by atoms with van der Waals surface area (Å²) in [5.74, 6) is 0.0277. The quantitative estimate of drug-likeness (QED) is 0.480. The number of nitrogens with one attached hydrogen (secondary N) is 2. The van der Waals surface area contributed by atoms with Gasteiger partial charge in [0.1, 0.15) is 6.04 Å². The zero-order chi connectivity index (χ0) is 10.2. The Morgan fingerprint density at radius 2 is 2.36 bits per heavy atom. The normalized spacial score (nSPS) is 22.9.